The molecule has 0 bridgehead atoms. The number of aromatic nitrogens is 2. The number of carbonyl (C=O) groups excluding carboxylic acids is 1. The zero-order chi connectivity index (χ0) is 17.9. The summed E-state index contributed by atoms with van der Waals surface area (Å²) in [4.78, 5) is 20.8. The van der Waals surface area contributed by atoms with Crippen molar-refractivity contribution in [1.29, 1.82) is 0 Å². The van der Waals surface area contributed by atoms with Crippen molar-refractivity contribution in [1.82, 2.24) is 9.97 Å². The molecule has 6 nitrogen and oxygen atoms in total. The maximum atomic E-state index is 12.5. The van der Waals surface area contributed by atoms with Gasteiger partial charge >= 0.3 is 0 Å². The molecule has 26 heavy (non-hydrogen) atoms. The highest BCUT2D eigenvalue weighted by molar-refractivity contribution is 6.31. The van der Waals surface area contributed by atoms with Crippen LogP contribution in [0.2, 0.25) is 5.02 Å². The Kier molecular flexibility index (Phi) is 4.58. The highest BCUT2D eigenvalue weighted by Crippen LogP contribution is 2.30. The predicted octanol–water partition coefficient (Wildman–Crippen LogP) is 3.71. The fourth-order valence-corrected chi connectivity index (χ4v) is 2.84. The molecule has 0 saturated heterocycles. The summed E-state index contributed by atoms with van der Waals surface area (Å²) >= 11 is 5.97. The first-order chi connectivity index (χ1) is 12.7. The smallest absolute Gasteiger partial charge is 0.224 e. The van der Waals surface area contributed by atoms with Crippen molar-refractivity contribution in [2.45, 2.75) is 6.42 Å². The Bertz CT molecular complexity index is 977. The number of benzene rings is 2. The minimum Gasteiger partial charge on any atom is -0.490 e. The molecule has 0 fully saturated rings. The minimum atomic E-state index is -0.179. The highest BCUT2D eigenvalue weighted by atomic mass is 35.5. The van der Waals surface area contributed by atoms with Crippen LogP contribution in [0.4, 0.5) is 0 Å². The van der Waals surface area contributed by atoms with Crippen LogP contribution in [-0.2, 0) is 0 Å². The molecule has 1 aliphatic rings. The monoisotopic (exact) mass is 370 g/mol. The lowest BCUT2D eigenvalue weighted by Gasteiger charge is -2.10. The summed E-state index contributed by atoms with van der Waals surface area (Å²) in [5, 5.41) is 1.27. The van der Waals surface area contributed by atoms with Gasteiger partial charge in [-0.05, 0) is 36.4 Å². The van der Waals surface area contributed by atoms with Crippen LogP contribution < -0.4 is 14.2 Å². The van der Waals surface area contributed by atoms with Gasteiger partial charge in [-0.1, -0.05) is 11.6 Å². The predicted molar refractivity (Wildman–Crippen MR) is 96.4 cm³/mol. The highest BCUT2D eigenvalue weighted by Gasteiger charge is 2.15. The Morgan fingerprint density at radius 1 is 1.08 bits per heavy atom. The third-order valence-electron chi connectivity index (χ3n) is 3.97. The largest absolute Gasteiger partial charge is 0.490 e. The number of fused-ring (bicyclic) bond motifs is 2. The number of ether oxygens (including phenoxy) is 3. The van der Waals surface area contributed by atoms with Crippen molar-refractivity contribution in [2.24, 2.45) is 0 Å². The van der Waals surface area contributed by atoms with Gasteiger partial charge in [0.15, 0.2) is 23.9 Å². The standard InChI is InChI=1S/C19H15ClN2O4/c20-13-3-4-14-15(9-13)21-11-22-19(14)26-10-16(23)12-2-5-17-18(8-12)25-7-1-6-24-17/h2-5,8-9,11H,1,6-7,10H2. The van der Waals surface area contributed by atoms with Crippen LogP contribution in [0.1, 0.15) is 16.8 Å². The summed E-state index contributed by atoms with van der Waals surface area (Å²) in [6, 6.07) is 10.4. The van der Waals surface area contributed by atoms with Crippen LogP contribution in [0.25, 0.3) is 10.9 Å². The molecule has 1 aliphatic heterocycles. The second kappa shape index (κ2) is 7.17. The lowest BCUT2D eigenvalue weighted by atomic mass is 10.1. The van der Waals surface area contributed by atoms with Crippen LogP contribution in [0.15, 0.2) is 42.7 Å². The second-order valence-electron chi connectivity index (χ2n) is 5.76. The van der Waals surface area contributed by atoms with E-state index < -0.39 is 0 Å². The fraction of sp³-hybridized carbons (Fsp3) is 0.211. The number of halogens is 1. The minimum absolute atomic E-state index is 0.144. The molecule has 0 spiro atoms. The zero-order valence-corrected chi connectivity index (χ0v) is 14.5. The molecule has 0 amide bonds. The van der Waals surface area contributed by atoms with E-state index in [1.807, 2.05) is 0 Å². The molecule has 0 aliphatic carbocycles. The number of carbonyl (C=O) groups is 1. The summed E-state index contributed by atoms with van der Waals surface area (Å²) in [6.45, 7) is 1.03. The van der Waals surface area contributed by atoms with Crippen molar-refractivity contribution in [3.05, 3.63) is 53.3 Å². The molecule has 0 saturated carbocycles. The maximum absolute atomic E-state index is 12.5. The van der Waals surface area contributed by atoms with Gasteiger partial charge in [-0.15, -0.1) is 0 Å². The normalized spacial score (nSPS) is 13.3. The van der Waals surface area contributed by atoms with Crippen molar-refractivity contribution in [2.75, 3.05) is 19.8 Å². The third kappa shape index (κ3) is 3.41. The van der Waals surface area contributed by atoms with Crippen LogP contribution >= 0.6 is 11.6 Å². The Hall–Kier alpha value is -2.86. The molecule has 0 N–H and O–H groups in total. The van der Waals surface area contributed by atoms with Gasteiger partial charge in [-0.2, -0.15) is 0 Å². The average Bonchev–Trinajstić information content (AvgIpc) is 2.90. The van der Waals surface area contributed by atoms with Crippen LogP contribution in [0, 0.1) is 0 Å². The molecule has 7 heteroatoms. The van der Waals surface area contributed by atoms with Gasteiger partial charge in [0.1, 0.15) is 6.33 Å². The van der Waals surface area contributed by atoms with E-state index in [0.29, 0.717) is 52.1 Å². The van der Waals surface area contributed by atoms with Gasteiger partial charge in [0.05, 0.1) is 24.1 Å². The molecular formula is C19H15ClN2O4. The Morgan fingerprint density at radius 3 is 2.81 bits per heavy atom. The summed E-state index contributed by atoms with van der Waals surface area (Å²) in [5.41, 5.74) is 1.15. The number of hydrogen-bond acceptors (Lipinski definition) is 6. The van der Waals surface area contributed by atoms with Gasteiger partial charge in [-0.3, -0.25) is 4.79 Å². The summed E-state index contributed by atoms with van der Waals surface area (Å²) in [6.07, 6.45) is 2.19. The van der Waals surface area contributed by atoms with Crippen LogP contribution in [-0.4, -0.2) is 35.6 Å². The van der Waals surface area contributed by atoms with E-state index in [0.717, 1.165) is 6.42 Å². The summed E-state index contributed by atoms with van der Waals surface area (Å²) < 4.78 is 16.8. The molecule has 3 aromatic rings. The topological polar surface area (TPSA) is 70.5 Å². The Labute approximate surface area is 154 Å². The fourth-order valence-electron chi connectivity index (χ4n) is 2.67. The van der Waals surface area contributed by atoms with E-state index in [9.17, 15) is 4.79 Å². The number of rotatable bonds is 4. The number of Topliss-reactive ketones (excluding diaryl/α,β-unsaturated/α-hetero) is 1. The third-order valence-corrected chi connectivity index (χ3v) is 4.21. The quantitative estimate of drug-likeness (QED) is 0.652. The van der Waals surface area contributed by atoms with Gasteiger partial charge in [-0.25, -0.2) is 9.97 Å². The molecule has 0 atom stereocenters. The Balaban J connectivity index is 1.52. The summed E-state index contributed by atoms with van der Waals surface area (Å²) in [7, 11) is 0. The van der Waals surface area contributed by atoms with E-state index in [4.69, 9.17) is 25.8 Å². The first-order valence-electron chi connectivity index (χ1n) is 8.16. The van der Waals surface area contributed by atoms with Crippen molar-refractivity contribution >= 4 is 28.3 Å². The van der Waals surface area contributed by atoms with Crippen molar-refractivity contribution in [3.8, 4) is 17.4 Å². The van der Waals surface area contributed by atoms with E-state index in [2.05, 4.69) is 9.97 Å². The van der Waals surface area contributed by atoms with Gasteiger partial charge in [0.25, 0.3) is 0 Å². The SMILES string of the molecule is O=C(COc1ncnc2cc(Cl)ccc12)c1ccc2c(c1)OCCCO2. The molecule has 4 rings (SSSR count). The Morgan fingerprint density at radius 2 is 1.92 bits per heavy atom. The van der Waals surface area contributed by atoms with E-state index >= 15 is 0 Å². The molecule has 2 heterocycles. The van der Waals surface area contributed by atoms with Gasteiger partial charge in [0, 0.05) is 17.0 Å². The number of hydrogen-bond donors (Lipinski definition) is 0. The molecule has 0 radical (unpaired) electrons. The lowest BCUT2D eigenvalue weighted by molar-refractivity contribution is 0.0919. The lowest BCUT2D eigenvalue weighted by Crippen LogP contribution is -2.12. The van der Waals surface area contributed by atoms with Gasteiger partial charge < -0.3 is 14.2 Å². The first-order valence-corrected chi connectivity index (χ1v) is 8.54. The molecular weight excluding hydrogens is 356 g/mol. The number of ketones is 1. The summed E-state index contributed by atoms with van der Waals surface area (Å²) in [5.74, 6) is 1.39. The van der Waals surface area contributed by atoms with E-state index in [1.165, 1.54) is 6.33 Å². The van der Waals surface area contributed by atoms with Crippen molar-refractivity contribution < 1.29 is 19.0 Å². The molecule has 132 valence electrons. The van der Waals surface area contributed by atoms with Gasteiger partial charge in [0.2, 0.25) is 5.88 Å². The average molecular weight is 371 g/mol. The molecule has 0 unspecified atom stereocenters. The maximum Gasteiger partial charge on any atom is 0.224 e. The first kappa shape index (κ1) is 16.6. The molecule has 2 aromatic carbocycles. The molecule has 1 aromatic heterocycles. The zero-order valence-electron chi connectivity index (χ0n) is 13.8. The van der Waals surface area contributed by atoms with Crippen LogP contribution in [0.5, 0.6) is 17.4 Å². The van der Waals surface area contributed by atoms with E-state index in [-0.39, 0.29) is 12.4 Å². The van der Waals surface area contributed by atoms with Crippen molar-refractivity contribution in [3.63, 3.8) is 0 Å². The van der Waals surface area contributed by atoms with E-state index in [1.54, 1.807) is 36.4 Å². The van der Waals surface area contributed by atoms with Crippen LogP contribution in [0.3, 0.4) is 0 Å². The number of nitrogens with zero attached hydrogens (tertiary/aromatic N) is 2. The second-order valence-corrected chi connectivity index (χ2v) is 6.20.